The van der Waals surface area contributed by atoms with Gasteiger partial charge in [-0.15, -0.1) is 0 Å². The highest BCUT2D eigenvalue weighted by Crippen LogP contribution is 2.33. The lowest BCUT2D eigenvalue weighted by Gasteiger charge is -2.24. The fraction of sp³-hybridized carbons (Fsp3) is 0.400. The van der Waals surface area contributed by atoms with Gasteiger partial charge in [0.1, 0.15) is 25.1 Å². The molecule has 0 atom stereocenters. The highest BCUT2D eigenvalue weighted by atomic mass is 79.9. The predicted molar refractivity (Wildman–Crippen MR) is 69.2 cm³/mol. The van der Waals surface area contributed by atoms with Crippen molar-refractivity contribution in [1.82, 2.24) is 4.98 Å². The molecule has 1 rings (SSSR count). The molecule has 0 saturated heterocycles. The van der Waals surface area contributed by atoms with Crippen molar-refractivity contribution in [3.8, 4) is 0 Å². The molecule has 0 fully saturated rings. The molecule has 0 unspecified atom stereocenters. The van der Waals surface area contributed by atoms with E-state index in [1.807, 2.05) is 0 Å². The normalized spacial score (nSPS) is 11.3. The zero-order valence-electron chi connectivity index (χ0n) is 10.5. The molecule has 1 aromatic rings. The number of hydrogen-bond donors (Lipinski definition) is 1. The Labute approximate surface area is 124 Å². The third-order valence-electron chi connectivity index (χ3n) is 2.41. The first kappa shape index (κ1) is 17.1. The number of halogens is 4. The van der Waals surface area contributed by atoms with Crippen molar-refractivity contribution in [2.24, 2.45) is 0 Å². The van der Waals surface area contributed by atoms with Gasteiger partial charge < -0.3 is 10.0 Å². The van der Waals surface area contributed by atoms with E-state index in [0.717, 1.165) is 6.20 Å². The largest absolute Gasteiger partial charge is 0.480 e. The number of carbonyl (C=O) groups is 1. The van der Waals surface area contributed by atoms with Gasteiger partial charge in [0.2, 0.25) is 0 Å². The van der Waals surface area contributed by atoms with E-state index < -0.39 is 30.2 Å². The highest BCUT2D eigenvalue weighted by molar-refractivity contribution is 9.10. The Bertz CT molecular complexity index is 579. The van der Waals surface area contributed by atoms with E-state index in [2.05, 4.69) is 20.9 Å². The Kier molecular flexibility index (Phi) is 5.10. The monoisotopic (exact) mass is 371 g/mol. The van der Waals surface area contributed by atoms with Crippen LogP contribution in [0.3, 0.4) is 0 Å². The van der Waals surface area contributed by atoms with E-state index in [1.165, 1.54) is 6.92 Å². The van der Waals surface area contributed by atoms with Gasteiger partial charge in [-0.3, -0.25) is 14.9 Å². The number of pyridine rings is 1. The maximum Gasteiger partial charge on any atom is 0.405 e. The lowest BCUT2D eigenvalue weighted by molar-refractivity contribution is -0.385. The summed E-state index contributed by atoms with van der Waals surface area (Å²) in [7, 11) is 0. The molecule has 1 N–H and O–H groups in total. The Hall–Kier alpha value is -1.91. The number of alkyl halides is 3. The minimum Gasteiger partial charge on any atom is -0.480 e. The van der Waals surface area contributed by atoms with E-state index in [9.17, 15) is 28.1 Å². The van der Waals surface area contributed by atoms with Crippen LogP contribution < -0.4 is 4.90 Å². The van der Waals surface area contributed by atoms with Crippen molar-refractivity contribution in [1.29, 1.82) is 0 Å². The number of aromatic nitrogens is 1. The van der Waals surface area contributed by atoms with Gasteiger partial charge in [0.25, 0.3) is 5.69 Å². The summed E-state index contributed by atoms with van der Waals surface area (Å²) in [6.07, 6.45) is -3.85. The number of nitrogens with zero attached hydrogens (tertiary/aromatic N) is 3. The number of aliphatic carboxylic acids is 1. The molecule has 0 bridgehead atoms. The number of rotatable bonds is 5. The third kappa shape index (κ3) is 4.55. The summed E-state index contributed by atoms with van der Waals surface area (Å²) in [5, 5.41) is 19.4. The lowest BCUT2D eigenvalue weighted by atomic mass is 10.2. The molecular formula is C10H9BrF3N3O4. The maximum atomic E-state index is 12.5. The van der Waals surface area contributed by atoms with E-state index >= 15 is 0 Å². The average molecular weight is 372 g/mol. The smallest absolute Gasteiger partial charge is 0.405 e. The number of carboxylic acids is 1. The topological polar surface area (TPSA) is 96.6 Å². The molecule has 1 aromatic heterocycles. The Balaban J connectivity index is 3.28. The van der Waals surface area contributed by atoms with Crippen molar-refractivity contribution >= 4 is 33.4 Å². The second-order valence-electron chi connectivity index (χ2n) is 4.03. The minimum atomic E-state index is -4.65. The van der Waals surface area contributed by atoms with E-state index in [4.69, 9.17) is 5.11 Å². The van der Waals surface area contributed by atoms with Crippen molar-refractivity contribution in [2.45, 2.75) is 13.1 Å². The quantitative estimate of drug-likeness (QED) is 0.630. The second-order valence-corrected chi connectivity index (χ2v) is 4.82. The van der Waals surface area contributed by atoms with Crippen molar-refractivity contribution in [3.63, 3.8) is 0 Å². The van der Waals surface area contributed by atoms with Gasteiger partial charge in [0.05, 0.1) is 9.40 Å². The second kappa shape index (κ2) is 6.24. The van der Waals surface area contributed by atoms with E-state index in [1.54, 1.807) is 0 Å². The van der Waals surface area contributed by atoms with Gasteiger partial charge in [-0.1, -0.05) is 0 Å². The first-order chi connectivity index (χ1) is 9.53. The van der Waals surface area contributed by atoms with Gasteiger partial charge in [0.15, 0.2) is 0 Å². The van der Waals surface area contributed by atoms with Gasteiger partial charge >= 0.3 is 12.1 Å². The van der Waals surface area contributed by atoms with Crippen LogP contribution >= 0.6 is 15.9 Å². The first-order valence-corrected chi connectivity index (χ1v) is 6.15. The Morgan fingerprint density at radius 3 is 2.57 bits per heavy atom. The molecule has 7 nitrogen and oxygen atoms in total. The van der Waals surface area contributed by atoms with Gasteiger partial charge in [0, 0.05) is 5.56 Å². The zero-order chi connectivity index (χ0) is 16.4. The zero-order valence-corrected chi connectivity index (χ0v) is 12.1. The summed E-state index contributed by atoms with van der Waals surface area (Å²) < 4.78 is 37.4. The summed E-state index contributed by atoms with van der Waals surface area (Å²) in [5.74, 6) is -1.80. The molecule has 11 heteroatoms. The Morgan fingerprint density at radius 1 is 1.57 bits per heavy atom. The van der Waals surface area contributed by atoms with E-state index in [0.29, 0.717) is 4.90 Å². The van der Waals surface area contributed by atoms with Crippen LogP contribution in [0.25, 0.3) is 0 Å². The highest BCUT2D eigenvalue weighted by Gasteiger charge is 2.34. The van der Waals surface area contributed by atoms with Crippen LogP contribution in [-0.4, -0.2) is 40.2 Å². The van der Waals surface area contributed by atoms with Crippen molar-refractivity contribution in [2.75, 3.05) is 18.0 Å². The van der Waals surface area contributed by atoms with Gasteiger partial charge in [-0.05, 0) is 22.9 Å². The maximum absolute atomic E-state index is 12.5. The fourth-order valence-corrected chi connectivity index (χ4v) is 2.10. The van der Waals surface area contributed by atoms with Crippen molar-refractivity contribution in [3.05, 3.63) is 26.3 Å². The summed E-state index contributed by atoms with van der Waals surface area (Å²) in [6.45, 7) is -1.16. The molecule has 0 spiro atoms. The summed E-state index contributed by atoms with van der Waals surface area (Å²) >= 11 is 2.93. The lowest BCUT2D eigenvalue weighted by Crippen LogP contribution is -2.38. The molecule has 0 aliphatic carbocycles. The summed E-state index contributed by atoms with van der Waals surface area (Å²) in [6, 6.07) is 0. The fourth-order valence-electron chi connectivity index (χ4n) is 1.55. The molecule has 0 saturated carbocycles. The first-order valence-electron chi connectivity index (χ1n) is 5.36. The van der Waals surface area contributed by atoms with Crippen LogP contribution in [0.2, 0.25) is 0 Å². The molecule has 0 aromatic carbocycles. The number of anilines is 1. The van der Waals surface area contributed by atoms with E-state index in [-0.39, 0.29) is 21.5 Å². The molecule has 116 valence electrons. The number of nitro groups is 1. The van der Waals surface area contributed by atoms with Crippen LogP contribution in [0.15, 0.2) is 10.7 Å². The molecule has 0 radical (unpaired) electrons. The van der Waals surface area contributed by atoms with Crippen molar-refractivity contribution < 1.29 is 28.0 Å². The van der Waals surface area contributed by atoms with Gasteiger partial charge in [-0.25, -0.2) is 4.98 Å². The average Bonchev–Trinajstić information content (AvgIpc) is 2.28. The molecule has 0 aliphatic heterocycles. The SMILES string of the molecule is Cc1c([N+](=O)[O-])cnc(N(CC(=O)O)CC(F)(F)F)c1Br. The third-order valence-corrected chi connectivity index (χ3v) is 3.36. The predicted octanol–water partition coefficient (Wildman–Crippen LogP) is 2.51. The Morgan fingerprint density at radius 2 is 2.14 bits per heavy atom. The van der Waals surface area contributed by atoms with Crippen LogP contribution in [0, 0.1) is 17.0 Å². The van der Waals surface area contributed by atoms with Gasteiger partial charge in [-0.2, -0.15) is 13.2 Å². The van der Waals surface area contributed by atoms with Crippen LogP contribution in [0.5, 0.6) is 0 Å². The molecular weight excluding hydrogens is 363 g/mol. The summed E-state index contributed by atoms with van der Waals surface area (Å²) in [4.78, 5) is 24.7. The summed E-state index contributed by atoms with van der Waals surface area (Å²) in [5.41, 5.74) is -0.324. The van der Waals surface area contributed by atoms with Crippen LogP contribution in [0.4, 0.5) is 24.7 Å². The minimum absolute atomic E-state index is 0.0535. The molecule has 1 heterocycles. The molecule has 0 aliphatic rings. The number of carboxylic acid groups (broad SMARTS) is 1. The molecule has 0 amide bonds. The van der Waals surface area contributed by atoms with Crippen LogP contribution in [-0.2, 0) is 4.79 Å². The standard InChI is InChI=1S/C10H9BrF3N3O4/c1-5-6(17(20)21)2-15-9(8(5)11)16(3-7(18)19)4-10(12,13)14/h2H,3-4H2,1H3,(H,18,19). The van der Waals surface area contributed by atoms with Crippen LogP contribution in [0.1, 0.15) is 5.56 Å². The molecule has 21 heavy (non-hydrogen) atoms. The number of hydrogen-bond acceptors (Lipinski definition) is 5.